The monoisotopic (exact) mass is 679 g/mol. The first-order valence-corrected chi connectivity index (χ1v) is 12.9. The molecule has 1 aliphatic carbocycles. The normalized spacial score (nSPS) is 17.8. The van der Waals surface area contributed by atoms with Crippen LogP contribution in [0.3, 0.4) is 0 Å². The van der Waals surface area contributed by atoms with E-state index in [1.165, 1.54) is 0 Å². The van der Waals surface area contributed by atoms with Gasteiger partial charge in [0.2, 0.25) is 0 Å². The van der Waals surface area contributed by atoms with Crippen molar-refractivity contribution in [1.82, 2.24) is 15.0 Å². The summed E-state index contributed by atoms with van der Waals surface area (Å²) in [6.45, 7) is 26.1. The second kappa shape index (κ2) is 9.06. The summed E-state index contributed by atoms with van der Waals surface area (Å²) in [6, 6.07) is 11.1. The Bertz CT molecular complexity index is 1290. The molecule has 201 valence electrons. The first kappa shape index (κ1) is 29.6. The van der Waals surface area contributed by atoms with E-state index in [2.05, 4.69) is 100 Å². The van der Waals surface area contributed by atoms with E-state index in [0.717, 1.165) is 28.1 Å². The van der Waals surface area contributed by atoms with Crippen LogP contribution >= 0.6 is 0 Å². The molecule has 0 amide bonds. The summed E-state index contributed by atoms with van der Waals surface area (Å²) < 4.78 is 16.1. The molecule has 0 aliphatic heterocycles. The third-order valence-electron chi connectivity index (χ3n) is 9.03. The van der Waals surface area contributed by atoms with Crippen molar-refractivity contribution in [2.24, 2.45) is 5.41 Å². The van der Waals surface area contributed by atoms with Crippen molar-refractivity contribution in [3.63, 3.8) is 0 Å². The molecule has 2 heterocycles. The zero-order chi connectivity index (χ0) is 27.1. The van der Waals surface area contributed by atoms with Gasteiger partial charge in [0.25, 0.3) is 0 Å². The van der Waals surface area contributed by atoms with Crippen molar-refractivity contribution < 1.29 is 24.5 Å². The van der Waals surface area contributed by atoms with Crippen LogP contribution in [-0.2, 0) is 41.8 Å². The summed E-state index contributed by atoms with van der Waals surface area (Å²) in [7, 11) is 0. The van der Waals surface area contributed by atoms with Gasteiger partial charge in [-0.25, -0.2) is 9.97 Å². The van der Waals surface area contributed by atoms with Gasteiger partial charge in [-0.2, -0.15) is 0 Å². The largest absolute Gasteiger partial charge is 0.304 e. The molecule has 3 nitrogen and oxygen atoms in total. The number of halogens is 1. The van der Waals surface area contributed by atoms with E-state index in [0.29, 0.717) is 17.1 Å². The van der Waals surface area contributed by atoms with E-state index in [1.807, 2.05) is 18.2 Å². The number of hydrogen-bond acceptors (Lipinski definition) is 3. The van der Waals surface area contributed by atoms with Crippen LogP contribution in [0.2, 0.25) is 0 Å². The molecule has 1 aromatic carbocycles. The smallest absolute Gasteiger partial charge is 0.161 e. The average Bonchev–Trinajstić information content (AvgIpc) is 2.87. The predicted molar refractivity (Wildman–Crippen MR) is 147 cm³/mol. The Balaban J connectivity index is 0.00000380. The van der Waals surface area contributed by atoms with Crippen molar-refractivity contribution >= 4 is 0 Å². The van der Waals surface area contributed by atoms with Crippen LogP contribution in [-0.4, -0.2) is 15.0 Å². The van der Waals surface area contributed by atoms with Crippen LogP contribution < -0.4 is 0 Å². The van der Waals surface area contributed by atoms with Gasteiger partial charge in [0.1, 0.15) is 0 Å². The summed E-state index contributed by atoms with van der Waals surface area (Å²) in [5.74, 6) is 0.437. The molecule has 0 bridgehead atoms. The minimum absolute atomic E-state index is 0. The van der Waals surface area contributed by atoms with Crippen molar-refractivity contribution in [2.45, 2.75) is 105 Å². The van der Waals surface area contributed by atoms with Gasteiger partial charge in [-0.1, -0.05) is 106 Å². The van der Waals surface area contributed by atoms with Gasteiger partial charge in [-0.05, 0) is 28.0 Å². The Morgan fingerprint density at radius 2 is 1.35 bits per heavy atom. The molecule has 0 spiro atoms. The van der Waals surface area contributed by atoms with Crippen LogP contribution in [0, 0.1) is 17.3 Å². The molecule has 1 radical (unpaired) electrons. The molecular formula is C32H41FIrN3-. The van der Waals surface area contributed by atoms with E-state index in [4.69, 9.17) is 9.97 Å². The fourth-order valence-electron chi connectivity index (χ4n) is 5.26. The van der Waals surface area contributed by atoms with Crippen molar-refractivity contribution in [3.05, 3.63) is 64.9 Å². The fourth-order valence-corrected chi connectivity index (χ4v) is 5.26. The number of nitrogens with zero attached hydrogens (tertiary/aromatic N) is 3. The third-order valence-corrected chi connectivity index (χ3v) is 9.03. The number of pyridine rings is 1. The van der Waals surface area contributed by atoms with Gasteiger partial charge in [-0.15, -0.1) is 17.7 Å². The quantitative estimate of drug-likeness (QED) is 0.256. The van der Waals surface area contributed by atoms with Gasteiger partial charge in [0.05, 0.1) is 11.4 Å². The second-order valence-electron chi connectivity index (χ2n) is 14.0. The standard InChI is InChI=1S/C32H41FN3.Ir/c1-28(2,3)23-17-24(29(4,5)6)36-27(35-23)19-13-16-22(34-18-19)20-14-15-21-25(26(20)33)31(9,10)32(11,12)30(21,7)8;/h13,15-18H,1-12H3;/q-1;. The van der Waals surface area contributed by atoms with E-state index in [-0.39, 0.29) is 53.0 Å². The van der Waals surface area contributed by atoms with E-state index in [1.54, 1.807) is 6.20 Å². The molecule has 0 atom stereocenters. The van der Waals surface area contributed by atoms with Crippen LogP contribution in [0.15, 0.2) is 30.5 Å². The second-order valence-corrected chi connectivity index (χ2v) is 14.0. The topological polar surface area (TPSA) is 38.7 Å². The average molecular weight is 679 g/mol. The molecule has 0 fully saturated rings. The van der Waals surface area contributed by atoms with Gasteiger partial charge in [0.15, 0.2) is 5.82 Å². The zero-order valence-electron chi connectivity index (χ0n) is 24.4. The number of rotatable bonds is 2. The summed E-state index contributed by atoms with van der Waals surface area (Å²) in [4.78, 5) is 14.4. The molecule has 0 saturated carbocycles. The van der Waals surface area contributed by atoms with Gasteiger partial charge < -0.3 is 4.98 Å². The zero-order valence-corrected chi connectivity index (χ0v) is 26.8. The van der Waals surface area contributed by atoms with Gasteiger partial charge in [-0.3, -0.25) is 4.39 Å². The Kier molecular flexibility index (Phi) is 7.24. The SMILES string of the molecule is CC(C)(C)c1cc(C(C)(C)C)nc(-c2ccc(-c3[c-]cc4c(c3F)C(C)(C)C(C)(C)C4(C)C)nc2)n1.[Ir]. The first-order valence-electron chi connectivity index (χ1n) is 12.9. The van der Waals surface area contributed by atoms with Gasteiger partial charge >= 0.3 is 0 Å². The number of aromatic nitrogens is 3. The van der Waals surface area contributed by atoms with Crippen molar-refractivity contribution in [3.8, 4) is 22.6 Å². The predicted octanol–water partition coefficient (Wildman–Crippen LogP) is 8.33. The molecule has 1 aliphatic rings. The minimum Gasteiger partial charge on any atom is -0.304 e. The summed E-state index contributed by atoms with van der Waals surface area (Å²) in [5.41, 5.74) is 4.78. The molecule has 0 N–H and O–H groups in total. The van der Waals surface area contributed by atoms with Crippen molar-refractivity contribution in [1.29, 1.82) is 0 Å². The molecule has 2 aromatic heterocycles. The van der Waals surface area contributed by atoms with Crippen molar-refractivity contribution in [2.75, 3.05) is 0 Å². The van der Waals surface area contributed by atoms with E-state index < -0.39 is 0 Å². The number of fused-ring (bicyclic) bond motifs is 1. The Labute approximate surface area is 236 Å². The Hall–Kier alpha value is -1.97. The van der Waals surface area contributed by atoms with Crippen LogP contribution in [0.1, 0.15) is 106 Å². The Morgan fingerprint density at radius 3 is 1.81 bits per heavy atom. The molecule has 5 heteroatoms. The first-order chi connectivity index (χ1) is 16.3. The molecule has 0 unspecified atom stereocenters. The summed E-state index contributed by atoms with van der Waals surface area (Å²) in [6.07, 6.45) is 1.75. The maximum Gasteiger partial charge on any atom is 0.161 e. The molecule has 3 aromatic rings. The maximum absolute atomic E-state index is 16.1. The molecule has 4 rings (SSSR count). The Morgan fingerprint density at radius 1 is 0.811 bits per heavy atom. The minimum atomic E-state index is -0.329. The maximum atomic E-state index is 16.1. The van der Waals surface area contributed by atoms with Crippen LogP contribution in [0.25, 0.3) is 22.6 Å². The third kappa shape index (κ3) is 4.61. The van der Waals surface area contributed by atoms with E-state index in [9.17, 15) is 0 Å². The number of hydrogen-bond donors (Lipinski definition) is 0. The summed E-state index contributed by atoms with van der Waals surface area (Å²) >= 11 is 0. The molecular weight excluding hydrogens is 638 g/mol. The van der Waals surface area contributed by atoms with Gasteiger partial charge in [0, 0.05) is 48.5 Å². The number of benzene rings is 1. The molecule has 0 saturated heterocycles. The fraction of sp³-hybridized carbons (Fsp3) is 0.531. The summed E-state index contributed by atoms with van der Waals surface area (Å²) in [5, 5.41) is 0. The molecule has 37 heavy (non-hydrogen) atoms. The van der Waals surface area contributed by atoms with E-state index >= 15 is 4.39 Å². The van der Waals surface area contributed by atoms with Crippen LogP contribution in [0.4, 0.5) is 4.39 Å². The van der Waals surface area contributed by atoms with Crippen LogP contribution in [0.5, 0.6) is 0 Å².